The van der Waals surface area contributed by atoms with E-state index < -0.39 is 0 Å². The van der Waals surface area contributed by atoms with Crippen LogP contribution in [0.5, 0.6) is 0 Å². The van der Waals surface area contributed by atoms with Crippen molar-refractivity contribution in [2.75, 3.05) is 6.54 Å². The van der Waals surface area contributed by atoms with Gasteiger partial charge in [0.25, 0.3) is 0 Å². The lowest BCUT2D eigenvalue weighted by molar-refractivity contribution is -0.129. The normalized spacial score (nSPS) is 25.4. The van der Waals surface area contributed by atoms with Gasteiger partial charge in [-0.2, -0.15) is 0 Å². The standard InChI is InChI=1S/C9H18N2O2/c1-3-4-7(2)13-8-5-9(12)11-10-6-8/h7-8,10H,3-6H2,1-2H3,(H,11,12). The SMILES string of the molecule is CCCC(C)OC1CNNC(=O)C1. The number of hydrazine groups is 1. The summed E-state index contributed by atoms with van der Waals surface area (Å²) in [4.78, 5) is 11.0. The predicted octanol–water partition coefficient (Wildman–Crippen LogP) is 0.585. The average Bonchev–Trinajstić information content (AvgIpc) is 2.04. The Morgan fingerprint density at radius 1 is 1.69 bits per heavy atom. The molecule has 1 heterocycles. The largest absolute Gasteiger partial charge is 0.373 e. The van der Waals surface area contributed by atoms with E-state index in [-0.39, 0.29) is 18.1 Å². The molecule has 1 aliphatic rings. The minimum Gasteiger partial charge on any atom is -0.373 e. The first kappa shape index (κ1) is 10.5. The molecular weight excluding hydrogens is 168 g/mol. The van der Waals surface area contributed by atoms with Crippen LogP contribution < -0.4 is 10.9 Å². The molecule has 0 aromatic carbocycles. The maximum atomic E-state index is 11.0. The lowest BCUT2D eigenvalue weighted by Crippen LogP contribution is -2.50. The van der Waals surface area contributed by atoms with Gasteiger partial charge in [-0.1, -0.05) is 13.3 Å². The van der Waals surface area contributed by atoms with Crippen molar-refractivity contribution in [2.24, 2.45) is 0 Å². The zero-order valence-corrected chi connectivity index (χ0v) is 8.30. The van der Waals surface area contributed by atoms with E-state index in [0.717, 1.165) is 12.8 Å². The molecule has 1 aliphatic heterocycles. The highest BCUT2D eigenvalue weighted by molar-refractivity contribution is 5.76. The summed E-state index contributed by atoms with van der Waals surface area (Å²) < 4.78 is 5.68. The van der Waals surface area contributed by atoms with E-state index in [0.29, 0.717) is 13.0 Å². The molecule has 0 saturated carbocycles. The van der Waals surface area contributed by atoms with Crippen LogP contribution >= 0.6 is 0 Å². The molecule has 1 saturated heterocycles. The molecule has 0 radical (unpaired) electrons. The third-order valence-corrected chi connectivity index (χ3v) is 2.09. The van der Waals surface area contributed by atoms with Crippen LogP contribution in [0.1, 0.15) is 33.1 Å². The van der Waals surface area contributed by atoms with Gasteiger partial charge in [-0.3, -0.25) is 10.2 Å². The molecule has 0 aromatic rings. The molecule has 2 atom stereocenters. The Kier molecular flexibility index (Phi) is 4.18. The molecular formula is C9H18N2O2. The minimum absolute atomic E-state index is 0.0138. The second-order valence-electron chi connectivity index (χ2n) is 3.49. The second-order valence-corrected chi connectivity index (χ2v) is 3.49. The number of nitrogens with one attached hydrogen (secondary N) is 2. The number of hydrogen-bond acceptors (Lipinski definition) is 3. The molecule has 2 N–H and O–H groups in total. The molecule has 13 heavy (non-hydrogen) atoms. The van der Waals surface area contributed by atoms with E-state index in [1.54, 1.807) is 0 Å². The van der Waals surface area contributed by atoms with Gasteiger partial charge in [-0.05, 0) is 13.3 Å². The number of amides is 1. The topological polar surface area (TPSA) is 50.4 Å². The summed E-state index contributed by atoms with van der Waals surface area (Å²) in [5.41, 5.74) is 5.36. The fourth-order valence-electron chi connectivity index (χ4n) is 1.49. The van der Waals surface area contributed by atoms with Crippen LogP contribution in [0.2, 0.25) is 0 Å². The van der Waals surface area contributed by atoms with Gasteiger partial charge in [0.1, 0.15) is 0 Å². The Balaban J connectivity index is 2.23. The monoisotopic (exact) mass is 186 g/mol. The first-order valence-electron chi connectivity index (χ1n) is 4.89. The second kappa shape index (κ2) is 5.19. The summed E-state index contributed by atoms with van der Waals surface area (Å²) >= 11 is 0. The van der Waals surface area contributed by atoms with Gasteiger partial charge < -0.3 is 4.74 Å². The number of ether oxygens (including phenoxy) is 1. The zero-order chi connectivity index (χ0) is 9.68. The average molecular weight is 186 g/mol. The summed E-state index contributed by atoms with van der Waals surface area (Å²) in [6, 6.07) is 0. The highest BCUT2D eigenvalue weighted by Gasteiger charge is 2.20. The third kappa shape index (κ3) is 3.74. The number of hydrogen-bond donors (Lipinski definition) is 2. The van der Waals surface area contributed by atoms with Gasteiger partial charge >= 0.3 is 0 Å². The Labute approximate surface area is 79.0 Å². The van der Waals surface area contributed by atoms with Gasteiger partial charge in [0.2, 0.25) is 5.91 Å². The molecule has 2 unspecified atom stereocenters. The molecule has 1 rings (SSSR count). The molecule has 1 fully saturated rings. The highest BCUT2D eigenvalue weighted by atomic mass is 16.5. The van der Waals surface area contributed by atoms with Crippen molar-refractivity contribution in [3.05, 3.63) is 0 Å². The van der Waals surface area contributed by atoms with E-state index in [4.69, 9.17) is 4.74 Å². The van der Waals surface area contributed by atoms with E-state index >= 15 is 0 Å². The van der Waals surface area contributed by atoms with Crippen molar-refractivity contribution in [1.82, 2.24) is 10.9 Å². The summed E-state index contributed by atoms with van der Waals surface area (Å²) in [7, 11) is 0. The van der Waals surface area contributed by atoms with Crippen LogP contribution in [0.3, 0.4) is 0 Å². The fraction of sp³-hybridized carbons (Fsp3) is 0.889. The fourth-order valence-corrected chi connectivity index (χ4v) is 1.49. The Morgan fingerprint density at radius 3 is 3.08 bits per heavy atom. The maximum Gasteiger partial charge on any atom is 0.236 e. The molecule has 0 bridgehead atoms. The number of carbonyl (C=O) groups is 1. The summed E-state index contributed by atoms with van der Waals surface area (Å²) in [6.45, 7) is 4.89. The highest BCUT2D eigenvalue weighted by Crippen LogP contribution is 2.08. The van der Waals surface area contributed by atoms with E-state index in [2.05, 4.69) is 24.7 Å². The van der Waals surface area contributed by atoms with Gasteiger partial charge in [-0.25, -0.2) is 5.43 Å². The molecule has 0 aromatic heterocycles. The van der Waals surface area contributed by atoms with E-state index in [1.165, 1.54) is 0 Å². The molecule has 4 nitrogen and oxygen atoms in total. The van der Waals surface area contributed by atoms with Crippen LogP contribution in [0.15, 0.2) is 0 Å². The van der Waals surface area contributed by atoms with Crippen molar-refractivity contribution in [3.63, 3.8) is 0 Å². The Bertz CT molecular complexity index is 173. The van der Waals surface area contributed by atoms with Crippen LogP contribution in [-0.2, 0) is 9.53 Å². The van der Waals surface area contributed by atoms with Crippen molar-refractivity contribution in [1.29, 1.82) is 0 Å². The lowest BCUT2D eigenvalue weighted by atomic mass is 10.2. The number of carbonyl (C=O) groups excluding carboxylic acids is 1. The van der Waals surface area contributed by atoms with Gasteiger partial charge in [0, 0.05) is 6.54 Å². The number of rotatable bonds is 4. The molecule has 0 spiro atoms. The van der Waals surface area contributed by atoms with Gasteiger partial charge in [-0.15, -0.1) is 0 Å². The zero-order valence-electron chi connectivity index (χ0n) is 8.30. The first-order chi connectivity index (χ1) is 6.22. The van der Waals surface area contributed by atoms with Crippen molar-refractivity contribution < 1.29 is 9.53 Å². The molecule has 76 valence electrons. The van der Waals surface area contributed by atoms with E-state index in [9.17, 15) is 4.79 Å². The van der Waals surface area contributed by atoms with Crippen LogP contribution in [0.25, 0.3) is 0 Å². The van der Waals surface area contributed by atoms with E-state index in [1.807, 2.05) is 0 Å². The Hall–Kier alpha value is -0.610. The molecule has 0 aliphatic carbocycles. The third-order valence-electron chi connectivity index (χ3n) is 2.09. The summed E-state index contributed by atoms with van der Waals surface area (Å²) in [5, 5.41) is 0. The smallest absolute Gasteiger partial charge is 0.236 e. The van der Waals surface area contributed by atoms with Crippen molar-refractivity contribution in [3.8, 4) is 0 Å². The molecule has 4 heteroatoms. The molecule has 1 amide bonds. The first-order valence-corrected chi connectivity index (χ1v) is 4.89. The van der Waals surface area contributed by atoms with Crippen LogP contribution in [0, 0.1) is 0 Å². The quantitative estimate of drug-likeness (QED) is 0.675. The van der Waals surface area contributed by atoms with Crippen molar-refractivity contribution in [2.45, 2.75) is 45.3 Å². The van der Waals surface area contributed by atoms with Crippen molar-refractivity contribution >= 4 is 5.91 Å². The lowest BCUT2D eigenvalue weighted by Gasteiger charge is -2.26. The summed E-state index contributed by atoms with van der Waals surface area (Å²) in [5.74, 6) is 0.0138. The maximum absolute atomic E-state index is 11.0. The minimum atomic E-state index is 0.0138. The van der Waals surface area contributed by atoms with Gasteiger partial charge in [0.15, 0.2) is 0 Å². The summed E-state index contributed by atoms with van der Waals surface area (Å²) in [6.07, 6.45) is 2.94. The van der Waals surface area contributed by atoms with Gasteiger partial charge in [0.05, 0.1) is 18.6 Å². The Morgan fingerprint density at radius 2 is 2.46 bits per heavy atom. The van der Waals surface area contributed by atoms with Crippen LogP contribution in [0.4, 0.5) is 0 Å². The predicted molar refractivity (Wildman–Crippen MR) is 50.0 cm³/mol. The van der Waals surface area contributed by atoms with Crippen LogP contribution in [-0.4, -0.2) is 24.7 Å².